The van der Waals surface area contributed by atoms with E-state index in [2.05, 4.69) is 5.92 Å². The van der Waals surface area contributed by atoms with Gasteiger partial charge in [-0.15, -0.1) is 12.3 Å². The fourth-order valence-electron chi connectivity index (χ4n) is 2.23. The molecule has 0 aromatic heterocycles. The molecule has 1 aliphatic heterocycles. The molecule has 1 aromatic carbocycles. The van der Waals surface area contributed by atoms with Crippen molar-refractivity contribution in [3.8, 4) is 12.3 Å². The van der Waals surface area contributed by atoms with Crippen LogP contribution in [0.3, 0.4) is 0 Å². The lowest BCUT2D eigenvalue weighted by atomic mass is 10.1. The molecule has 2 rings (SSSR count). The number of sulfone groups is 1. The van der Waals surface area contributed by atoms with Crippen LogP contribution in [0.4, 0.5) is 5.69 Å². The number of para-hydroxylation sites is 1. The van der Waals surface area contributed by atoms with Crippen LogP contribution in [0.1, 0.15) is 20.3 Å². The zero-order valence-corrected chi connectivity index (χ0v) is 12.4. The fourth-order valence-corrected chi connectivity index (χ4v) is 3.47. The van der Waals surface area contributed by atoms with Gasteiger partial charge in [0.05, 0.1) is 15.8 Å². The number of benzene rings is 1. The summed E-state index contributed by atoms with van der Waals surface area (Å²) in [5, 5.41) is -0.537. The third-order valence-corrected chi connectivity index (χ3v) is 5.64. The maximum Gasteiger partial charge on any atom is 0.228 e. The standard InChI is InChI=1S/C15H17NO3S/c1-4-12-9-15(17)16(10-12)13-7-5-6-8-14(13)20(18,19)11(2)3/h1,5-8,11-12H,9-10H2,2-3H3. The van der Waals surface area contributed by atoms with Gasteiger partial charge in [-0.05, 0) is 26.0 Å². The number of carbonyl (C=O) groups is 1. The molecule has 1 unspecified atom stereocenters. The number of amides is 1. The minimum atomic E-state index is -3.44. The van der Waals surface area contributed by atoms with Crippen molar-refractivity contribution >= 4 is 21.4 Å². The Labute approximate surface area is 119 Å². The van der Waals surface area contributed by atoms with E-state index in [4.69, 9.17) is 6.42 Å². The molecule has 20 heavy (non-hydrogen) atoms. The quantitative estimate of drug-likeness (QED) is 0.799. The molecule has 1 saturated heterocycles. The highest BCUT2D eigenvalue weighted by atomic mass is 32.2. The summed E-state index contributed by atoms with van der Waals surface area (Å²) in [6, 6.07) is 6.59. The van der Waals surface area contributed by atoms with Gasteiger partial charge in [-0.2, -0.15) is 0 Å². The van der Waals surface area contributed by atoms with Gasteiger partial charge in [-0.25, -0.2) is 8.42 Å². The highest BCUT2D eigenvalue weighted by Gasteiger charge is 2.33. The van der Waals surface area contributed by atoms with Gasteiger partial charge in [-0.1, -0.05) is 12.1 Å². The minimum Gasteiger partial charge on any atom is -0.310 e. The van der Waals surface area contributed by atoms with E-state index in [0.717, 1.165) is 0 Å². The first-order valence-corrected chi connectivity index (χ1v) is 8.02. The molecule has 1 aliphatic rings. The summed E-state index contributed by atoms with van der Waals surface area (Å²) in [6.45, 7) is 3.63. The third kappa shape index (κ3) is 2.44. The van der Waals surface area contributed by atoms with Crippen molar-refractivity contribution in [2.24, 2.45) is 5.92 Å². The Balaban J connectivity index is 2.50. The van der Waals surface area contributed by atoms with E-state index in [9.17, 15) is 13.2 Å². The van der Waals surface area contributed by atoms with Gasteiger partial charge >= 0.3 is 0 Å². The lowest BCUT2D eigenvalue weighted by molar-refractivity contribution is -0.117. The molecule has 0 bridgehead atoms. The number of nitrogens with zero attached hydrogens (tertiary/aromatic N) is 1. The van der Waals surface area contributed by atoms with Crippen LogP contribution in [0.2, 0.25) is 0 Å². The Morgan fingerprint density at radius 2 is 2.00 bits per heavy atom. The molecule has 1 amide bonds. The van der Waals surface area contributed by atoms with Crippen LogP contribution in [0, 0.1) is 18.3 Å². The largest absolute Gasteiger partial charge is 0.310 e. The van der Waals surface area contributed by atoms with Gasteiger partial charge in [0.15, 0.2) is 9.84 Å². The van der Waals surface area contributed by atoms with E-state index in [-0.39, 0.29) is 23.1 Å². The second kappa shape index (κ2) is 5.29. The van der Waals surface area contributed by atoms with E-state index in [0.29, 0.717) is 12.2 Å². The zero-order chi connectivity index (χ0) is 14.9. The van der Waals surface area contributed by atoms with Crippen LogP contribution >= 0.6 is 0 Å². The van der Waals surface area contributed by atoms with Gasteiger partial charge in [-0.3, -0.25) is 4.79 Å². The van der Waals surface area contributed by atoms with E-state index in [1.165, 1.54) is 4.90 Å². The first-order chi connectivity index (χ1) is 9.37. The SMILES string of the molecule is C#CC1CC(=O)N(c2ccccc2S(=O)(=O)C(C)C)C1. The Morgan fingerprint density at radius 1 is 1.35 bits per heavy atom. The summed E-state index contributed by atoms with van der Waals surface area (Å²) in [6.07, 6.45) is 5.63. The zero-order valence-electron chi connectivity index (χ0n) is 11.5. The molecular weight excluding hydrogens is 274 g/mol. The smallest absolute Gasteiger partial charge is 0.228 e. The number of hydrogen-bond donors (Lipinski definition) is 0. The monoisotopic (exact) mass is 291 g/mol. The van der Waals surface area contributed by atoms with Crippen LogP contribution in [0.15, 0.2) is 29.2 Å². The van der Waals surface area contributed by atoms with E-state index < -0.39 is 15.1 Å². The van der Waals surface area contributed by atoms with Crippen molar-refractivity contribution in [1.29, 1.82) is 0 Å². The number of rotatable bonds is 3. The molecule has 1 aromatic rings. The predicted octanol–water partition coefficient (Wildman–Crippen LogP) is 1.85. The molecule has 0 aliphatic carbocycles. The van der Waals surface area contributed by atoms with Gasteiger partial charge in [0, 0.05) is 18.9 Å². The molecule has 5 heteroatoms. The first-order valence-electron chi connectivity index (χ1n) is 6.47. The van der Waals surface area contributed by atoms with Crippen LogP contribution in [-0.2, 0) is 14.6 Å². The van der Waals surface area contributed by atoms with Gasteiger partial charge in [0.2, 0.25) is 5.91 Å². The first kappa shape index (κ1) is 14.6. The van der Waals surface area contributed by atoms with Crippen LogP contribution in [0.5, 0.6) is 0 Å². The molecule has 0 spiro atoms. The molecular formula is C15H17NO3S. The molecule has 1 heterocycles. The topological polar surface area (TPSA) is 54.5 Å². The van der Waals surface area contributed by atoms with Crippen molar-refractivity contribution in [3.05, 3.63) is 24.3 Å². The van der Waals surface area contributed by atoms with Gasteiger partial charge < -0.3 is 4.90 Å². The molecule has 1 fully saturated rings. The normalized spacial score (nSPS) is 19.4. The Hall–Kier alpha value is -1.80. The van der Waals surface area contributed by atoms with Crippen molar-refractivity contribution in [2.45, 2.75) is 30.4 Å². The summed E-state index contributed by atoms with van der Waals surface area (Å²) < 4.78 is 24.8. The molecule has 0 saturated carbocycles. The average molecular weight is 291 g/mol. The molecule has 0 N–H and O–H groups in total. The molecule has 0 radical (unpaired) electrons. The summed E-state index contributed by atoms with van der Waals surface area (Å²) in [7, 11) is -3.44. The lowest BCUT2D eigenvalue weighted by Gasteiger charge is -2.20. The van der Waals surface area contributed by atoms with Gasteiger partial charge in [0.25, 0.3) is 0 Å². The summed E-state index contributed by atoms with van der Waals surface area (Å²) >= 11 is 0. The lowest BCUT2D eigenvalue weighted by Crippen LogP contribution is -2.27. The highest BCUT2D eigenvalue weighted by Crippen LogP contribution is 2.32. The van der Waals surface area contributed by atoms with Gasteiger partial charge in [0.1, 0.15) is 0 Å². The van der Waals surface area contributed by atoms with Crippen LogP contribution in [-0.4, -0.2) is 26.1 Å². The maximum atomic E-state index is 12.4. The molecule has 106 valence electrons. The third-order valence-electron chi connectivity index (χ3n) is 3.44. The van der Waals surface area contributed by atoms with E-state index in [1.807, 2.05) is 0 Å². The van der Waals surface area contributed by atoms with Crippen LogP contribution in [0.25, 0.3) is 0 Å². The summed E-state index contributed by atoms with van der Waals surface area (Å²) in [5.41, 5.74) is 0.434. The number of carbonyl (C=O) groups excluding carboxylic acids is 1. The predicted molar refractivity (Wildman–Crippen MR) is 78.1 cm³/mol. The summed E-state index contributed by atoms with van der Waals surface area (Å²) in [5.74, 6) is 2.28. The van der Waals surface area contributed by atoms with Crippen molar-refractivity contribution in [2.75, 3.05) is 11.4 Å². The number of hydrogen-bond acceptors (Lipinski definition) is 3. The summed E-state index contributed by atoms with van der Waals surface area (Å²) in [4.78, 5) is 13.7. The van der Waals surface area contributed by atoms with Crippen molar-refractivity contribution < 1.29 is 13.2 Å². The molecule has 4 nitrogen and oxygen atoms in total. The van der Waals surface area contributed by atoms with Crippen molar-refractivity contribution in [1.82, 2.24) is 0 Å². The van der Waals surface area contributed by atoms with Crippen LogP contribution < -0.4 is 4.90 Å². The maximum absolute atomic E-state index is 12.4. The minimum absolute atomic E-state index is 0.126. The fraction of sp³-hybridized carbons (Fsp3) is 0.400. The average Bonchev–Trinajstić information content (AvgIpc) is 2.79. The Bertz CT molecular complexity index is 671. The van der Waals surface area contributed by atoms with E-state index in [1.54, 1.807) is 38.1 Å². The second-order valence-electron chi connectivity index (χ2n) is 5.13. The second-order valence-corrected chi connectivity index (χ2v) is 7.61. The number of terminal acetylenes is 1. The van der Waals surface area contributed by atoms with E-state index >= 15 is 0 Å². The van der Waals surface area contributed by atoms with Crippen molar-refractivity contribution in [3.63, 3.8) is 0 Å². The number of anilines is 1. The Morgan fingerprint density at radius 3 is 2.55 bits per heavy atom. The highest BCUT2D eigenvalue weighted by molar-refractivity contribution is 7.92. The Kier molecular flexibility index (Phi) is 3.87. The molecule has 1 atom stereocenters.